The van der Waals surface area contributed by atoms with Crippen LogP contribution in [0.4, 0.5) is 5.82 Å². The third-order valence-electron chi connectivity index (χ3n) is 4.33. The van der Waals surface area contributed by atoms with E-state index in [9.17, 15) is 14.4 Å². The maximum absolute atomic E-state index is 12.3. The minimum atomic E-state index is -0.800. The van der Waals surface area contributed by atoms with E-state index >= 15 is 0 Å². The number of carbonyl (C=O) groups is 3. The molecule has 0 saturated heterocycles. The van der Waals surface area contributed by atoms with Crippen LogP contribution in [0.15, 0.2) is 16.1 Å². The van der Waals surface area contributed by atoms with Gasteiger partial charge in [-0.05, 0) is 32.6 Å². The maximum Gasteiger partial charge on any atom is 0.314 e. The van der Waals surface area contributed by atoms with E-state index in [1.165, 1.54) is 4.68 Å². The monoisotopic (exact) mass is 358 g/mol. The number of hydrogen-bond donors (Lipinski definition) is 2. The minimum Gasteiger partial charge on any atom is -0.348 e. The zero-order valence-electron chi connectivity index (χ0n) is 14.9. The maximum atomic E-state index is 12.3. The molecule has 9 nitrogen and oxygen atoms in total. The number of carbonyl (C=O) groups excluding carboxylic acids is 3. The third-order valence-corrected chi connectivity index (χ3v) is 4.33. The molecule has 0 aromatic carbocycles. The first-order valence-electron chi connectivity index (χ1n) is 8.85. The number of fused-ring (bicyclic) bond motifs is 1. The fourth-order valence-corrected chi connectivity index (χ4v) is 3.05. The predicted octanol–water partition coefficient (Wildman–Crippen LogP) is 1.03. The molecule has 3 rings (SSSR count). The Balaban J connectivity index is 1.83. The van der Waals surface area contributed by atoms with E-state index in [0.717, 1.165) is 37.8 Å². The van der Waals surface area contributed by atoms with E-state index in [1.54, 1.807) is 13.0 Å². The van der Waals surface area contributed by atoms with Crippen LogP contribution < -0.4 is 10.6 Å². The van der Waals surface area contributed by atoms with Gasteiger partial charge in [0.15, 0.2) is 0 Å². The van der Waals surface area contributed by atoms with Gasteiger partial charge in [0.1, 0.15) is 5.82 Å². The summed E-state index contributed by atoms with van der Waals surface area (Å²) in [6.45, 7) is 4.05. The van der Waals surface area contributed by atoms with Gasteiger partial charge in [0.2, 0.25) is 0 Å². The fourth-order valence-electron chi connectivity index (χ4n) is 3.05. The summed E-state index contributed by atoms with van der Waals surface area (Å²) in [7, 11) is 0. The Kier molecular flexibility index (Phi) is 5.24. The van der Waals surface area contributed by atoms with Crippen LogP contribution in [0.3, 0.4) is 0 Å². The molecular weight excluding hydrogens is 336 g/mol. The van der Waals surface area contributed by atoms with Gasteiger partial charge in [-0.1, -0.05) is 13.3 Å². The van der Waals surface area contributed by atoms with E-state index < -0.39 is 11.8 Å². The van der Waals surface area contributed by atoms with Crippen molar-refractivity contribution in [3.63, 3.8) is 0 Å². The van der Waals surface area contributed by atoms with Crippen LogP contribution in [-0.4, -0.2) is 45.7 Å². The van der Waals surface area contributed by atoms with Gasteiger partial charge in [0.05, 0.1) is 11.6 Å². The Morgan fingerprint density at radius 3 is 2.85 bits per heavy atom. The lowest BCUT2D eigenvalue weighted by Crippen LogP contribution is -2.37. The molecule has 9 heteroatoms. The molecule has 1 aliphatic heterocycles. The Morgan fingerprint density at radius 1 is 1.27 bits per heavy atom. The molecule has 138 valence electrons. The van der Waals surface area contributed by atoms with E-state index in [-0.39, 0.29) is 23.6 Å². The third kappa shape index (κ3) is 3.71. The topological polar surface area (TPSA) is 118 Å². The van der Waals surface area contributed by atoms with Gasteiger partial charge in [-0.25, -0.2) is 4.99 Å². The largest absolute Gasteiger partial charge is 0.348 e. The summed E-state index contributed by atoms with van der Waals surface area (Å²) >= 11 is 0. The van der Waals surface area contributed by atoms with Crippen molar-refractivity contribution in [3.8, 4) is 0 Å². The molecule has 1 saturated carbocycles. The minimum absolute atomic E-state index is 0.125. The van der Waals surface area contributed by atoms with Crippen molar-refractivity contribution >= 4 is 35.2 Å². The summed E-state index contributed by atoms with van der Waals surface area (Å²) in [5.74, 6) is -1.61. The Bertz CT molecular complexity index is 807. The molecule has 0 radical (unpaired) electrons. The van der Waals surface area contributed by atoms with Crippen LogP contribution in [0.5, 0.6) is 0 Å². The highest BCUT2D eigenvalue weighted by Crippen LogP contribution is 2.26. The van der Waals surface area contributed by atoms with Gasteiger partial charge in [0, 0.05) is 18.3 Å². The highest BCUT2D eigenvalue weighted by molar-refractivity contribution is 6.39. The van der Waals surface area contributed by atoms with Crippen LogP contribution in [0, 0.1) is 12.8 Å². The lowest BCUT2D eigenvalue weighted by atomic mass is 9.86. The van der Waals surface area contributed by atoms with Crippen molar-refractivity contribution < 1.29 is 14.4 Å². The molecule has 2 N–H and O–H groups in total. The molecule has 0 spiro atoms. The molecule has 26 heavy (non-hydrogen) atoms. The van der Waals surface area contributed by atoms with Gasteiger partial charge in [0.25, 0.3) is 11.9 Å². The first-order valence-corrected chi connectivity index (χ1v) is 8.85. The zero-order valence-corrected chi connectivity index (χ0v) is 14.9. The quantitative estimate of drug-likeness (QED) is 0.785. The first kappa shape index (κ1) is 18.0. The van der Waals surface area contributed by atoms with Gasteiger partial charge >= 0.3 is 11.8 Å². The number of aliphatic imine (C=N–C) groups is 2. The van der Waals surface area contributed by atoms with Crippen LogP contribution in [0.1, 0.15) is 44.7 Å². The number of anilines is 1. The van der Waals surface area contributed by atoms with Crippen LogP contribution >= 0.6 is 0 Å². The Hall–Kier alpha value is -2.84. The molecule has 1 atom stereocenters. The summed E-state index contributed by atoms with van der Waals surface area (Å²) in [4.78, 5) is 44.7. The molecule has 1 unspecified atom stereocenters. The summed E-state index contributed by atoms with van der Waals surface area (Å²) < 4.78 is 1.30. The molecular formula is C17H22N6O3. The fraction of sp³-hybridized carbons (Fsp3) is 0.529. The second-order valence-electron chi connectivity index (χ2n) is 6.44. The summed E-state index contributed by atoms with van der Waals surface area (Å²) in [5.41, 5.74) is 1.42. The normalized spacial score (nSPS) is 19.3. The van der Waals surface area contributed by atoms with E-state index in [1.807, 2.05) is 6.92 Å². The first-order chi connectivity index (χ1) is 12.5. The SMILES string of the molecule is CCCNC(=O)C(=O)Nc1cc(C)nn1C1=NC(=O)C2CCCCC2=N1. The van der Waals surface area contributed by atoms with Crippen molar-refractivity contribution in [2.24, 2.45) is 15.9 Å². The van der Waals surface area contributed by atoms with Crippen molar-refractivity contribution in [2.75, 3.05) is 11.9 Å². The molecule has 0 bridgehead atoms. The van der Waals surface area contributed by atoms with Gasteiger partial charge in [-0.3, -0.25) is 14.4 Å². The number of nitrogens with one attached hydrogen (secondary N) is 2. The number of aryl methyl sites for hydroxylation is 1. The van der Waals surface area contributed by atoms with Gasteiger partial charge < -0.3 is 10.6 Å². The standard InChI is InChI=1S/C17H22N6O3/c1-3-8-18-15(25)16(26)20-13-9-10(2)22-23(13)17-19-12-7-5-4-6-11(12)14(24)21-17/h9,11H,3-8H2,1-2H3,(H,18,25)(H,20,26). The van der Waals surface area contributed by atoms with Crippen LogP contribution in [0.2, 0.25) is 0 Å². The lowest BCUT2D eigenvalue weighted by Gasteiger charge is -2.24. The second kappa shape index (κ2) is 7.59. The van der Waals surface area contributed by atoms with Crippen molar-refractivity contribution in [3.05, 3.63) is 11.8 Å². The molecule has 3 amide bonds. The molecule has 1 aromatic heterocycles. The second-order valence-corrected chi connectivity index (χ2v) is 6.44. The number of hydrogen-bond acceptors (Lipinski definition) is 5. The van der Waals surface area contributed by atoms with Crippen molar-refractivity contribution in [1.29, 1.82) is 0 Å². The summed E-state index contributed by atoms with van der Waals surface area (Å²) in [6.07, 6.45) is 4.25. The van der Waals surface area contributed by atoms with E-state index in [4.69, 9.17) is 0 Å². The average molecular weight is 358 g/mol. The molecule has 1 fully saturated rings. The van der Waals surface area contributed by atoms with Gasteiger partial charge in [-0.15, -0.1) is 0 Å². The average Bonchev–Trinajstić information content (AvgIpc) is 2.99. The number of aromatic nitrogens is 2. The Labute approximate surface area is 151 Å². The predicted molar refractivity (Wildman–Crippen MR) is 96.1 cm³/mol. The highest BCUT2D eigenvalue weighted by Gasteiger charge is 2.32. The Morgan fingerprint density at radius 2 is 2.08 bits per heavy atom. The lowest BCUT2D eigenvalue weighted by molar-refractivity contribution is -0.136. The van der Waals surface area contributed by atoms with E-state index in [2.05, 4.69) is 25.7 Å². The summed E-state index contributed by atoms with van der Waals surface area (Å²) in [5, 5.41) is 9.28. The number of rotatable bonds is 3. The molecule has 1 aromatic rings. The number of nitrogens with zero attached hydrogens (tertiary/aromatic N) is 4. The van der Waals surface area contributed by atoms with E-state index in [0.29, 0.717) is 12.2 Å². The smallest absolute Gasteiger partial charge is 0.314 e. The molecule has 2 aliphatic rings. The highest BCUT2D eigenvalue weighted by atomic mass is 16.2. The van der Waals surface area contributed by atoms with Crippen LogP contribution in [-0.2, 0) is 14.4 Å². The zero-order chi connectivity index (χ0) is 18.7. The van der Waals surface area contributed by atoms with Crippen molar-refractivity contribution in [1.82, 2.24) is 15.1 Å². The number of amides is 3. The van der Waals surface area contributed by atoms with Crippen LogP contribution in [0.25, 0.3) is 0 Å². The summed E-state index contributed by atoms with van der Waals surface area (Å²) in [6, 6.07) is 1.60. The van der Waals surface area contributed by atoms with Crippen molar-refractivity contribution in [2.45, 2.75) is 46.0 Å². The molecule has 2 heterocycles. The molecule has 1 aliphatic carbocycles. The van der Waals surface area contributed by atoms with Gasteiger partial charge in [-0.2, -0.15) is 14.8 Å².